The number of hydrogen-bond donors (Lipinski definition) is 0. The van der Waals surface area contributed by atoms with Gasteiger partial charge in [-0.3, -0.25) is 9.59 Å². The van der Waals surface area contributed by atoms with Gasteiger partial charge in [0.05, 0.1) is 6.42 Å². The molecule has 4 rings (SSSR count). The van der Waals surface area contributed by atoms with Crippen LogP contribution in [0.15, 0.2) is 91.0 Å². The van der Waals surface area contributed by atoms with Crippen molar-refractivity contribution >= 4 is 40.3 Å². The van der Waals surface area contributed by atoms with Gasteiger partial charge in [0, 0.05) is 13.1 Å². The van der Waals surface area contributed by atoms with Crippen molar-refractivity contribution in [3.05, 3.63) is 91.0 Å². The number of nitrogens with zero attached hydrogens (tertiary/aromatic N) is 1. The molecule has 30 heavy (non-hydrogen) atoms. The maximum atomic E-state index is 13.3. The van der Waals surface area contributed by atoms with Crippen molar-refractivity contribution in [1.82, 2.24) is 4.90 Å². The van der Waals surface area contributed by atoms with Gasteiger partial charge in [0.25, 0.3) is 0 Å². The van der Waals surface area contributed by atoms with Crippen LogP contribution in [0.3, 0.4) is 0 Å². The van der Waals surface area contributed by atoms with Crippen molar-refractivity contribution in [3.63, 3.8) is 0 Å². The maximum absolute atomic E-state index is 13.3. The zero-order chi connectivity index (χ0) is 20.8. The molecule has 1 aliphatic rings. The summed E-state index contributed by atoms with van der Waals surface area (Å²) in [6, 6.07) is 30.7. The summed E-state index contributed by atoms with van der Waals surface area (Å²) in [6.07, 6.45) is 1.99. The van der Waals surface area contributed by atoms with Crippen LogP contribution in [0, 0.1) is 0 Å². The lowest BCUT2D eigenvalue weighted by atomic mass is 10.3. The number of carbonyl (C=O) groups excluding carboxylic acids is 2. The van der Waals surface area contributed by atoms with Crippen molar-refractivity contribution in [2.75, 3.05) is 13.1 Å². The van der Waals surface area contributed by atoms with E-state index in [1.807, 2.05) is 65.3 Å². The van der Waals surface area contributed by atoms with E-state index in [1.54, 1.807) is 0 Å². The highest BCUT2D eigenvalue weighted by atomic mass is 31.2. The van der Waals surface area contributed by atoms with Gasteiger partial charge in [0.2, 0.25) is 5.91 Å². The van der Waals surface area contributed by atoms with E-state index in [4.69, 9.17) is 0 Å². The molecular formula is C26H26NO2P. The highest BCUT2D eigenvalue weighted by Gasteiger charge is 2.27. The van der Waals surface area contributed by atoms with E-state index in [0.717, 1.165) is 41.8 Å². The van der Waals surface area contributed by atoms with E-state index in [0.29, 0.717) is 0 Å². The zero-order valence-corrected chi connectivity index (χ0v) is 17.9. The van der Waals surface area contributed by atoms with Crippen LogP contribution < -0.4 is 15.9 Å². The molecule has 0 bridgehead atoms. The van der Waals surface area contributed by atoms with Crippen LogP contribution in [-0.4, -0.2) is 35.5 Å². The fourth-order valence-electron chi connectivity index (χ4n) is 4.15. The van der Waals surface area contributed by atoms with Gasteiger partial charge in [-0.1, -0.05) is 91.0 Å². The molecule has 1 fully saturated rings. The van der Waals surface area contributed by atoms with Crippen molar-refractivity contribution in [2.45, 2.75) is 19.3 Å². The lowest BCUT2D eigenvalue weighted by molar-refractivity contribution is -0.132. The first-order chi connectivity index (χ1) is 14.7. The summed E-state index contributed by atoms with van der Waals surface area (Å²) >= 11 is 0. The van der Waals surface area contributed by atoms with Crippen molar-refractivity contribution < 1.29 is 9.59 Å². The molecule has 3 aromatic carbocycles. The Morgan fingerprint density at radius 1 is 0.700 bits per heavy atom. The minimum atomic E-state index is -2.34. The first-order valence-electron chi connectivity index (χ1n) is 10.4. The lowest BCUT2D eigenvalue weighted by Gasteiger charge is -2.28. The van der Waals surface area contributed by atoms with Gasteiger partial charge in [-0.15, -0.1) is 0 Å². The number of amides is 1. The van der Waals surface area contributed by atoms with Crippen LogP contribution in [0.25, 0.3) is 0 Å². The molecule has 1 aliphatic heterocycles. The molecule has 1 amide bonds. The van der Waals surface area contributed by atoms with Gasteiger partial charge in [-0.25, -0.2) is 0 Å². The molecular weight excluding hydrogens is 389 g/mol. The van der Waals surface area contributed by atoms with E-state index >= 15 is 0 Å². The first kappa shape index (κ1) is 20.4. The van der Waals surface area contributed by atoms with Gasteiger partial charge >= 0.3 is 0 Å². The zero-order valence-electron chi connectivity index (χ0n) is 17.0. The monoisotopic (exact) mass is 415 g/mol. The van der Waals surface area contributed by atoms with E-state index in [2.05, 4.69) is 36.4 Å². The number of benzene rings is 3. The van der Waals surface area contributed by atoms with Crippen LogP contribution in [0.1, 0.15) is 19.3 Å². The van der Waals surface area contributed by atoms with Crippen LogP contribution in [0.4, 0.5) is 0 Å². The third kappa shape index (κ3) is 4.17. The Labute approximate surface area is 178 Å². The molecule has 0 saturated carbocycles. The van der Waals surface area contributed by atoms with Crippen molar-refractivity contribution in [1.29, 1.82) is 0 Å². The average Bonchev–Trinajstić information content (AvgIpc) is 3.34. The van der Waals surface area contributed by atoms with Gasteiger partial charge < -0.3 is 4.90 Å². The van der Waals surface area contributed by atoms with Gasteiger partial charge in [-0.2, -0.15) is 0 Å². The van der Waals surface area contributed by atoms with E-state index < -0.39 is 6.89 Å². The molecule has 1 saturated heterocycles. The molecule has 0 radical (unpaired) electrons. The molecule has 4 heteroatoms. The minimum Gasteiger partial charge on any atom is -0.342 e. The molecule has 152 valence electrons. The van der Waals surface area contributed by atoms with Gasteiger partial charge in [0.15, 0.2) is 5.78 Å². The number of ketones is 1. The summed E-state index contributed by atoms with van der Waals surface area (Å²) in [5.74, 6) is 1.71. The van der Waals surface area contributed by atoms with Crippen molar-refractivity contribution in [2.24, 2.45) is 0 Å². The van der Waals surface area contributed by atoms with E-state index in [1.165, 1.54) is 0 Å². The summed E-state index contributed by atoms with van der Waals surface area (Å²) in [5.41, 5.74) is 0. The molecule has 0 atom stereocenters. The second-order valence-corrected chi connectivity index (χ2v) is 10.8. The number of hydrogen-bond acceptors (Lipinski definition) is 2. The highest BCUT2D eigenvalue weighted by molar-refractivity contribution is 7.95. The molecule has 1 heterocycles. The third-order valence-corrected chi connectivity index (χ3v) is 9.63. The Morgan fingerprint density at radius 3 is 1.50 bits per heavy atom. The summed E-state index contributed by atoms with van der Waals surface area (Å²) < 4.78 is 0. The topological polar surface area (TPSA) is 37.4 Å². The maximum Gasteiger partial charge on any atom is 0.230 e. The quantitative estimate of drug-likeness (QED) is 0.457. The Kier molecular flexibility index (Phi) is 6.30. The van der Waals surface area contributed by atoms with Crippen LogP contribution >= 0.6 is 6.89 Å². The Hall–Kier alpha value is -2.90. The first-order valence-corrected chi connectivity index (χ1v) is 12.3. The average molecular weight is 415 g/mol. The van der Waals surface area contributed by atoms with Crippen LogP contribution in [0.5, 0.6) is 0 Å². The fourth-order valence-corrected chi connectivity index (χ4v) is 7.94. The summed E-state index contributed by atoms with van der Waals surface area (Å²) in [4.78, 5) is 27.7. The van der Waals surface area contributed by atoms with Crippen LogP contribution in [0.2, 0.25) is 0 Å². The molecule has 0 unspecified atom stereocenters. The normalized spacial score (nSPS) is 13.8. The molecule has 3 aromatic rings. The molecule has 0 spiro atoms. The SMILES string of the molecule is O=C(C=P(c1ccccc1)(c1ccccc1)c1ccccc1)CC(=O)N1CCCC1. The smallest absolute Gasteiger partial charge is 0.230 e. The number of carbonyl (C=O) groups is 2. The number of Topliss-reactive ketones (excluding diaryl/α,β-unsaturated/α-hetero) is 1. The highest BCUT2D eigenvalue weighted by Crippen LogP contribution is 2.43. The van der Waals surface area contributed by atoms with Gasteiger partial charge in [0.1, 0.15) is 0 Å². The number of rotatable bonds is 6. The standard InChI is InChI=1S/C26H26NO2P/c28-22(20-26(29)27-18-10-11-19-27)21-30(23-12-4-1-5-13-23,24-14-6-2-7-15-24)25-16-8-3-9-17-25/h1-9,12-17,21H,10-11,18-20H2. The Balaban J connectivity index is 1.87. The summed E-state index contributed by atoms with van der Waals surface area (Å²) in [5, 5.41) is 3.35. The van der Waals surface area contributed by atoms with Gasteiger partial charge in [-0.05, 0) is 41.4 Å². The predicted octanol–water partition coefficient (Wildman–Crippen LogP) is 3.36. The Bertz CT molecular complexity index is 953. The largest absolute Gasteiger partial charge is 0.342 e. The lowest BCUT2D eigenvalue weighted by Crippen LogP contribution is -2.32. The Morgan fingerprint density at radius 2 is 1.10 bits per heavy atom. The fraction of sp³-hybridized carbons (Fsp3) is 0.192. The van der Waals surface area contributed by atoms with E-state index in [-0.39, 0.29) is 18.1 Å². The summed E-state index contributed by atoms with van der Waals surface area (Å²) in [6.45, 7) is -0.810. The molecule has 3 nitrogen and oxygen atoms in total. The molecule has 0 N–H and O–H groups in total. The predicted molar refractivity (Wildman–Crippen MR) is 127 cm³/mol. The molecule has 0 aromatic heterocycles. The summed E-state index contributed by atoms with van der Waals surface area (Å²) in [7, 11) is 0. The second kappa shape index (κ2) is 9.28. The minimum absolute atomic E-state index is 0.0546. The second-order valence-electron chi connectivity index (χ2n) is 7.59. The van der Waals surface area contributed by atoms with Crippen molar-refractivity contribution in [3.8, 4) is 0 Å². The van der Waals surface area contributed by atoms with E-state index in [9.17, 15) is 9.59 Å². The molecule has 0 aliphatic carbocycles. The third-order valence-electron chi connectivity index (χ3n) is 5.61. The van der Waals surface area contributed by atoms with Crippen LogP contribution in [-0.2, 0) is 9.59 Å². The number of likely N-dealkylation sites (tertiary alicyclic amines) is 1.